The van der Waals surface area contributed by atoms with Gasteiger partial charge in [-0.1, -0.05) is 5.16 Å². The van der Waals surface area contributed by atoms with Crippen molar-refractivity contribution in [2.45, 2.75) is 45.4 Å². The van der Waals surface area contributed by atoms with E-state index < -0.39 is 5.97 Å². The van der Waals surface area contributed by atoms with Gasteiger partial charge >= 0.3 is 5.97 Å². The number of hydrogen-bond donors (Lipinski definition) is 1. The molecule has 0 aliphatic heterocycles. The molecule has 1 fully saturated rings. The molecule has 0 aromatic carbocycles. The zero-order valence-electron chi connectivity index (χ0n) is 9.69. The Hall–Kier alpha value is -1.32. The summed E-state index contributed by atoms with van der Waals surface area (Å²) in [7, 11) is 0. The van der Waals surface area contributed by atoms with Crippen molar-refractivity contribution in [3.63, 3.8) is 0 Å². The first kappa shape index (κ1) is 11.2. The molecule has 1 aliphatic rings. The summed E-state index contributed by atoms with van der Waals surface area (Å²) in [6, 6.07) is 0. The predicted molar refractivity (Wildman–Crippen MR) is 58.3 cm³/mol. The first-order valence-corrected chi connectivity index (χ1v) is 5.75. The first-order valence-electron chi connectivity index (χ1n) is 5.75. The van der Waals surface area contributed by atoms with Gasteiger partial charge in [0.15, 0.2) is 0 Å². The highest BCUT2D eigenvalue weighted by Gasteiger charge is 2.29. The van der Waals surface area contributed by atoms with E-state index in [1.54, 1.807) is 0 Å². The van der Waals surface area contributed by atoms with Crippen molar-refractivity contribution in [3.8, 4) is 0 Å². The summed E-state index contributed by atoms with van der Waals surface area (Å²) in [6.07, 6.45) is 3.29. The van der Waals surface area contributed by atoms with Gasteiger partial charge in [0, 0.05) is 11.5 Å². The second-order valence-corrected chi connectivity index (χ2v) is 4.64. The molecule has 1 N–H and O–H groups in total. The van der Waals surface area contributed by atoms with Crippen LogP contribution < -0.4 is 0 Å². The molecule has 1 heterocycles. The van der Waals surface area contributed by atoms with Gasteiger partial charge < -0.3 is 9.63 Å². The van der Waals surface area contributed by atoms with Gasteiger partial charge in [0.1, 0.15) is 5.76 Å². The lowest BCUT2D eigenvalue weighted by molar-refractivity contribution is -0.142. The van der Waals surface area contributed by atoms with E-state index in [4.69, 9.17) is 9.63 Å². The lowest BCUT2D eigenvalue weighted by Gasteiger charge is -2.24. The molecule has 0 unspecified atom stereocenters. The minimum atomic E-state index is -0.663. The monoisotopic (exact) mass is 223 g/mol. The van der Waals surface area contributed by atoms with Crippen LogP contribution in [0.25, 0.3) is 0 Å². The molecule has 0 atom stereocenters. The number of aromatic nitrogens is 1. The summed E-state index contributed by atoms with van der Waals surface area (Å²) in [5.41, 5.74) is 2.06. The van der Waals surface area contributed by atoms with Gasteiger partial charge in [0.25, 0.3) is 0 Å². The Bertz CT molecular complexity index is 389. The standard InChI is InChI=1S/C12H17NO3/c1-7-8(2)13-16-11(7)9-3-5-10(6-4-9)12(14)15/h9-10H,3-6H2,1-2H3,(H,14,15). The summed E-state index contributed by atoms with van der Waals surface area (Å²) >= 11 is 0. The van der Waals surface area contributed by atoms with Crippen LogP contribution >= 0.6 is 0 Å². The van der Waals surface area contributed by atoms with Gasteiger partial charge in [0.2, 0.25) is 0 Å². The molecule has 0 saturated heterocycles. The van der Waals surface area contributed by atoms with Gasteiger partial charge in [-0.15, -0.1) is 0 Å². The average molecular weight is 223 g/mol. The zero-order chi connectivity index (χ0) is 11.7. The highest BCUT2D eigenvalue weighted by Crippen LogP contribution is 2.37. The minimum Gasteiger partial charge on any atom is -0.481 e. The van der Waals surface area contributed by atoms with Crippen molar-refractivity contribution in [3.05, 3.63) is 17.0 Å². The van der Waals surface area contributed by atoms with E-state index >= 15 is 0 Å². The van der Waals surface area contributed by atoms with E-state index in [9.17, 15) is 4.79 Å². The van der Waals surface area contributed by atoms with Crippen molar-refractivity contribution >= 4 is 5.97 Å². The summed E-state index contributed by atoms with van der Waals surface area (Å²) in [5, 5.41) is 12.9. The molecule has 1 aliphatic carbocycles. The van der Waals surface area contributed by atoms with E-state index in [1.165, 1.54) is 0 Å². The molecule has 0 amide bonds. The third kappa shape index (κ3) is 1.96. The molecule has 1 aromatic heterocycles. The average Bonchev–Trinajstić information content (AvgIpc) is 2.60. The number of nitrogens with zero attached hydrogens (tertiary/aromatic N) is 1. The minimum absolute atomic E-state index is 0.166. The maximum atomic E-state index is 10.8. The van der Waals surface area contributed by atoms with E-state index in [0.29, 0.717) is 5.92 Å². The SMILES string of the molecule is Cc1noc(C2CCC(C(=O)O)CC2)c1C. The molecular formula is C12H17NO3. The Morgan fingerprint density at radius 1 is 1.31 bits per heavy atom. The second kappa shape index (κ2) is 4.28. The van der Waals surface area contributed by atoms with Crippen molar-refractivity contribution < 1.29 is 14.4 Å². The Morgan fingerprint density at radius 2 is 1.94 bits per heavy atom. The van der Waals surface area contributed by atoms with Crippen molar-refractivity contribution in [1.82, 2.24) is 5.16 Å². The van der Waals surface area contributed by atoms with E-state index in [0.717, 1.165) is 42.7 Å². The molecule has 4 nitrogen and oxygen atoms in total. The third-order valence-corrected chi connectivity index (χ3v) is 3.64. The Balaban J connectivity index is 2.04. The summed E-state index contributed by atoms with van der Waals surface area (Å²) in [4.78, 5) is 10.8. The van der Waals surface area contributed by atoms with Crippen LogP contribution in [0.15, 0.2) is 4.52 Å². The number of carbonyl (C=O) groups is 1. The van der Waals surface area contributed by atoms with Crippen LogP contribution in [-0.4, -0.2) is 16.2 Å². The fraction of sp³-hybridized carbons (Fsp3) is 0.667. The molecule has 0 bridgehead atoms. The van der Waals surface area contributed by atoms with Crippen LogP contribution in [0.3, 0.4) is 0 Å². The molecule has 2 rings (SSSR count). The number of hydrogen-bond acceptors (Lipinski definition) is 3. The number of carboxylic acid groups (broad SMARTS) is 1. The zero-order valence-corrected chi connectivity index (χ0v) is 9.69. The fourth-order valence-electron chi connectivity index (χ4n) is 2.42. The van der Waals surface area contributed by atoms with Crippen molar-refractivity contribution in [2.75, 3.05) is 0 Å². The Kier molecular flexibility index (Phi) is 2.99. The normalized spacial score (nSPS) is 25.6. The van der Waals surface area contributed by atoms with Gasteiger partial charge in [-0.25, -0.2) is 0 Å². The summed E-state index contributed by atoms with van der Waals surface area (Å²) in [6.45, 7) is 3.95. The van der Waals surface area contributed by atoms with Gasteiger partial charge in [-0.2, -0.15) is 0 Å². The Labute approximate surface area is 94.6 Å². The van der Waals surface area contributed by atoms with E-state index in [2.05, 4.69) is 5.16 Å². The molecular weight excluding hydrogens is 206 g/mol. The van der Waals surface area contributed by atoms with Crippen LogP contribution in [0.4, 0.5) is 0 Å². The first-order chi connectivity index (χ1) is 7.59. The van der Waals surface area contributed by atoms with E-state index in [1.807, 2.05) is 13.8 Å². The highest BCUT2D eigenvalue weighted by molar-refractivity contribution is 5.70. The van der Waals surface area contributed by atoms with Crippen molar-refractivity contribution in [2.24, 2.45) is 5.92 Å². The lowest BCUT2D eigenvalue weighted by Crippen LogP contribution is -2.20. The van der Waals surface area contributed by atoms with Gasteiger partial charge in [-0.3, -0.25) is 4.79 Å². The van der Waals surface area contributed by atoms with Gasteiger partial charge in [0.05, 0.1) is 11.6 Å². The molecule has 0 spiro atoms. The highest BCUT2D eigenvalue weighted by atomic mass is 16.5. The third-order valence-electron chi connectivity index (χ3n) is 3.64. The van der Waals surface area contributed by atoms with Crippen LogP contribution in [0.5, 0.6) is 0 Å². The quantitative estimate of drug-likeness (QED) is 0.837. The van der Waals surface area contributed by atoms with Gasteiger partial charge in [-0.05, 0) is 39.5 Å². The van der Waals surface area contributed by atoms with Crippen LogP contribution in [0.2, 0.25) is 0 Å². The smallest absolute Gasteiger partial charge is 0.306 e. The molecule has 1 aromatic rings. The predicted octanol–water partition coefficient (Wildman–Crippen LogP) is 2.65. The van der Waals surface area contributed by atoms with E-state index in [-0.39, 0.29) is 5.92 Å². The lowest BCUT2D eigenvalue weighted by atomic mass is 9.80. The molecule has 0 radical (unpaired) electrons. The maximum Gasteiger partial charge on any atom is 0.306 e. The summed E-state index contributed by atoms with van der Waals surface area (Å²) in [5.74, 6) is 0.489. The topological polar surface area (TPSA) is 63.3 Å². The maximum absolute atomic E-state index is 10.8. The fourth-order valence-corrected chi connectivity index (χ4v) is 2.42. The second-order valence-electron chi connectivity index (χ2n) is 4.64. The summed E-state index contributed by atoms with van der Waals surface area (Å²) < 4.78 is 5.33. The number of carboxylic acids is 1. The van der Waals surface area contributed by atoms with Crippen LogP contribution in [-0.2, 0) is 4.79 Å². The molecule has 4 heteroatoms. The molecule has 88 valence electrons. The number of rotatable bonds is 2. The van der Waals surface area contributed by atoms with Crippen molar-refractivity contribution in [1.29, 1.82) is 0 Å². The van der Waals surface area contributed by atoms with Crippen LogP contribution in [0, 0.1) is 19.8 Å². The number of aryl methyl sites for hydroxylation is 1. The van der Waals surface area contributed by atoms with Crippen LogP contribution in [0.1, 0.15) is 48.6 Å². The molecule has 16 heavy (non-hydrogen) atoms. The molecule has 1 saturated carbocycles. The largest absolute Gasteiger partial charge is 0.481 e. The number of aliphatic carboxylic acids is 1. The Morgan fingerprint density at radius 3 is 2.38 bits per heavy atom.